The highest BCUT2D eigenvalue weighted by Crippen LogP contribution is 2.29. The molecule has 0 heterocycles. The lowest BCUT2D eigenvalue weighted by atomic mass is 10.1. The zero-order chi connectivity index (χ0) is 14.4. The van der Waals surface area contributed by atoms with Crippen molar-refractivity contribution >= 4 is 11.9 Å². The molecule has 0 aliphatic rings. The Bertz CT molecular complexity index is 331. The van der Waals surface area contributed by atoms with Gasteiger partial charge in [-0.3, -0.25) is 10.1 Å². The van der Waals surface area contributed by atoms with Gasteiger partial charge < -0.3 is 10.1 Å². The summed E-state index contributed by atoms with van der Waals surface area (Å²) >= 11 is 0. The number of ether oxygens (including phenoxy) is 1. The predicted molar refractivity (Wildman–Crippen MR) is 57.4 cm³/mol. The molecule has 5 nitrogen and oxygen atoms in total. The van der Waals surface area contributed by atoms with Crippen LogP contribution in [0.15, 0.2) is 12.7 Å². The molecule has 0 aliphatic carbocycles. The van der Waals surface area contributed by atoms with Gasteiger partial charge in [0.25, 0.3) is 5.66 Å². The first-order valence-electron chi connectivity index (χ1n) is 5.10. The number of halogens is 3. The molecule has 0 bridgehead atoms. The number of esters is 1. The Kier molecular flexibility index (Phi) is 5.83. The SMILES string of the molecule is C=CCNC(NC(C)=O)(C(=O)OCC)C(F)(F)F. The van der Waals surface area contributed by atoms with Gasteiger partial charge in [0.15, 0.2) is 0 Å². The molecule has 0 radical (unpaired) electrons. The molecule has 0 aliphatic heterocycles. The van der Waals surface area contributed by atoms with E-state index in [-0.39, 0.29) is 13.2 Å². The molecule has 0 saturated heterocycles. The van der Waals surface area contributed by atoms with Gasteiger partial charge in [-0.25, -0.2) is 4.79 Å². The van der Waals surface area contributed by atoms with Crippen LogP contribution in [0.3, 0.4) is 0 Å². The Morgan fingerprint density at radius 3 is 2.28 bits per heavy atom. The molecule has 0 aromatic rings. The molecular weight excluding hydrogens is 253 g/mol. The van der Waals surface area contributed by atoms with E-state index in [1.807, 2.05) is 5.32 Å². The van der Waals surface area contributed by atoms with Crippen molar-refractivity contribution in [2.75, 3.05) is 13.2 Å². The van der Waals surface area contributed by atoms with Gasteiger partial charge in [-0.15, -0.1) is 6.58 Å². The Morgan fingerprint density at radius 2 is 1.94 bits per heavy atom. The monoisotopic (exact) mass is 268 g/mol. The van der Waals surface area contributed by atoms with Gasteiger partial charge in [0, 0.05) is 13.5 Å². The molecule has 1 amide bonds. The summed E-state index contributed by atoms with van der Waals surface area (Å²) in [4.78, 5) is 22.4. The molecule has 18 heavy (non-hydrogen) atoms. The lowest BCUT2D eigenvalue weighted by Crippen LogP contribution is -2.72. The van der Waals surface area contributed by atoms with E-state index in [1.165, 1.54) is 6.92 Å². The minimum atomic E-state index is -5.05. The van der Waals surface area contributed by atoms with Crippen molar-refractivity contribution in [3.05, 3.63) is 12.7 Å². The second-order valence-corrected chi connectivity index (χ2v) is 3.32. The molecular formula is C10H15F3N2O3. The highest BCUT2D eigenvalue weighted by molar-refractivity contribution is 5.87. The summed E-state index contributed by atoms with van der Waals surface area (Å²) in [5.41, 5.74) is -3.26. The third-order valence-electron chi connectivity index (χ3n) is 1.88. The molecule has 0 aromatic heterocycles. The second kappa shape index (κ2) is 6.39. The van der Waals surface area contributed by atoms with Crippen LogP contribution in [0.25, 0.3) is 0 Å². The summed E-state index contributed by atoms with van der Waals surface area (Å²) in [6, 6.07) is 0. The van der Waals surface area contributed by atoms with Gasteiger partial charge in [0.05, 0.1) is 6.61 Å². The van der Waals surface area contributed by atoms with Crippen LogP contribution in [0, 0.1) is 0 Å². The van der Waals surface area contributed by atoms with Gasteiger partial charge in [0.1, 0.15) is 0 Å². The van der Waals surface area contributed by atoms with E-state index >= 15 is 0 Å². The highest BCUT2D eigenvalue weighted by atomic mass is 19.4. The van der Waals surface area contributed by atoms with E-state index in [0.29, 0.717) is 0 Å². The maximum Gasteiger partial charge on any atom is 0.436 e. The average molecular weight is 268 g/mol. The fourth-order valence-corrected chi connectivity index (χ4v) is 1.18. The van der Waals surface area contributed by atoms with Crippen LogP contribution in [0.1, 0.15) is 13.8 Å². The van der Waals surface area contributed by atoms with Crippen molar-refractivity contribution < 1.29 is 27.5 Å². The Morgan fingerprint density at radius 1 is 1.39 bits per heavy atom. The maximum absolute atomic E-state index is 13.0. The number of hydrogen-bond acceptors (Lipinski definition) is 4. The zero-order valence-corrected chi connectivity index (χ0v) is 10.1. The normalized spacial score (nSPS) is 14.5. The van der Waals surface area contributed by atoms with E-state index in [1.54, 1.807) is 5.32 Å². The lowest BCUT2D eigenvalue weighted by molar-refractivity contribution is -0.220. The van der Waals surface area contributed by atoms with Gasteiger partial charge in [0.2, 0.25) is 5.91 Å². The van der Waals surface area contributed by atoms with E-state index in [2.05, 4.69) is 11.3 Å². The van der Waals surface area contributed by atoms with Crippen LogP contribution < -0.4 is 10.6 Å². The van der Waals surface area contributed by atoms with Gasteiger partial charge in [-0.2, -0.15) is 13.2 Å². The summed E-state index contributed by atoms with van der Waals surface area (Å²) < 4.78 is 43.4. The number of rotatable bonds is 6. The molecule has 0 spiro atoms. The Hall–Kier alpha value is -1.57. The molecule has 104 valence electrons. The smallest absolute Gasteiger partial charge is 0.436 e. The fraction of sp³-hybridized carbons (Fsp3) is 0.600. The minimum Gasteiger partial charge on any atom is -0.463 e. The third-order valence-corrected chi connectivity index (χ3v) is 1.88. The quantitative estimate of drug-likeness (QED) is 0.423. The number of alkyl halides is 3. The molecule has 8 heteroatoms. The van der Waals surface area contributed by atoms with Crippen molar-refractivity contribution in [2.24, 2.45) is 0 Å². The second-order valence-electron chi connectivity index (χ2n) is 3.32. The average Bonchev–Trinajstić information content (AvgIpc) is 2.22. The van der Waals surface area contributed by atoms with Crippen LogP contribution in [-0.4, -0.2) is 36.9 Å². The third kappa shape index (κ3) is 3.73. The van der Waals surface area contributed by atoms with Crippen molar-refractivity contribution in [3.8, 4) is 0 Å². The number of nitrogens with one attached hydrogen (secondary N) is 2. The summed E-state index contributed by atoms with van der Waals surface area (Å²) in [5.74, 6) is -2.63. The number of carbonyl (C=O) groups is 2. The Labute approximate surface area is 102 Å². The fourth-order valence-electron chi connectivity index (χ4n) is 1.18. The summed E-state index contributed by atoms with van der Waals surface area (Å²) in [7, 11) is 0. The first-order chi connectivity index (χ1) is 8.21. The zero-order valence-electron chi connectivity index (χ0n) is 10.1. The van der Waals surface area contributed by atoms with Crippen LogP contribution in [-0.2, 0) is 14.3 Å². The molecule has 1 unspecified atom stereocenters. The van der Waals surface area contributed by atoms with E-state index in [9.17, 15) is 22.8 Å². The first kappa shape index (κ1) is 16.4. The number of amides is 1. The number of hydrogen-bond donors (Lipinski definition) is 2. The standard InChI is InChI=1S/C10H15F3N2O3/c1-4-6-14-9(10(11,12)13,15-7(3)16)8(17)18-5-2/h4,14H,1,5-6H2,2-3H3,(H,15,16). The highest BCUT2D eigenvalue weighted by Gasteiger charge is 2.62. The van der Waals surface area contributed by atoms with Crippen molar-refractivity contribution in [2.45, 2.75) is 25.7 Å². The minimum absolute atomic E-state index is 0.244. The maximum atomic E-state index is 13.0. The Balaban J connectivity index is 5.45. The van der Waals surface area contributed by atoms with E-state index in [4.69, 9.17) is 0 Å². The van der Waals surface area contributed by atoms with Crippen molar-refractivity contribution in [3.63, 3.8) is 0 Å². The molecule has 0 saturated carbocycles. The van der Waals surface area contributed by atoms with Crippen LogP contribution in [0.4, 0.5) is 13.2 Å². The van der Waals surface area contributed by atoms with Crippen LogP contribution >= 0.6 is 0 Å². The number of carbonyl (C=O) groups excluding carboxylic acids is 2. The molecule has 2 N–H and O–H groups in total. The summed E-state index contributed by atoms with van der Waals surface area (Å²) in [5, 5.41) is 3.44. The van der Waals surface area contributed by atoms with Gasteiger partial charge in [-0.05, 0) is 6.92 Å². The van der Waals surface area contributed by atoms with Crippen molar-refractivity contribution in [1.82, 2.24) is 10.6 Å². The topological polar surface area (TPSA) is 67.4 Å². The van der Waals surface area contributed by atoms with Crippen molar-refractivity contribution in [1.29, 1.82) is 0 Å². The molecule has 0 fully saturated rings. The van der Waals surface area contributed by atoms with Crippen LogP contribution in [0.5, 0.6) is 0 Å². The van der Waals surface area contributed by atoms with Gasteiger partial charge in [-0.1, -0.05) is 6.08 Å². The van der Waals surface area contributed by atoms with Crippen LogP contribution in [0.2, 0.25) is 0 Å². The molecule has 0 rings (SSSR count). The van der Waals surface area contributed by atoms with E-state index in [0.717, 1.165) is 13.0 Å². The first-order valence-corrected chi connectivity index (χ1v) is 5.10. The molecule has 0 aromatic carbocycles. The van der Waals surface area contributed by atoms with Gasteiger partial charge >= 0.3 is 12.1 Å². The predicted octanol–water partition coefficient (Wildman–Crippen LogP) is 0.720. The summed E-state index contributed by atoms with van der Waals surface area (Å²) in [6.07, 6.45) is -3.92. The van der Waals surface area contributed by atoms with E-state index < -0.39 is 23.7 Å². The molecule has 1 atom stereocenters. The lowest BCUT2D eigenvalue weighted by Gasteiger charge is -2.34. The summed E-state index contributed by atoms with van der Waals surface area (Å²) in [6.45, 7) is 4.89. The largest absolute Gasteiger partial charge is 0.463 e.